The lowest BCUT2D eigenvalue weighted by atomic mass is 10.1. The number of hydrogen-bond donors (Lipinski definition) is 2. The van der Waals surface area contributed by atoms with Gasteiger partial charge in [-0.15, -0.1) is 0 Å². The zero-order chi connectivity index (χ0) is 14.5. The van der Waals surface area contributed by atoms with Crippen LogP contribution in [0.15, 0.2) is 46.9 Å². The number of nitrogens with two attached hydrogens (primary N) is 1. The van der Waals surface area contributed by atoms with E-state index in [4.69, 9.17) is 10.5 Å². The number of amides is 1. The number of anilines is 2. The standard InChI is InChI=1S/C15H15BrN2O2/c1-2-20-12-6-4-11(5-7-12)18-15(19)13-9-10(16)3-8-14(13)17/h3-9H,2,17H2,1H3,(H,18,19). The van der Waals surface area contributed by atoms with Crippen molar-refractivity contribution in [3.05, 3.63) is 52.5 Å². The Balaban J connectivity index is 2.13. The Hall–Kier alpha value is -2.01. The fourth-order valence-corrected chi connectivity index (χ4v) is 2.09. The van der Waals surface area contributed by atoms with Crippen LogP contribution in [0.5, 0.6) is 5.75 Å². The maximum absolute atomic E-state index is 12.2. The topological polar surface area (TPSA) is 64.3 Å². The van der Waals surface area contributed by atoms with Gasteiger partial charge >= 0.3 is 0 Å². The third kappa shape index (κ3) is 3.51. The SMILES string of the molecule is CCOc1ccc(NC(=O)c2cc(Br)ccc2N)cc1. The number of carbonyl (C=O) groups excluding carboxylic acids is 1. The molecule has 0 heterocycles. The number of benzene rings is 2. The van der Waals surface area contributed by atoms with Crippen molar-refractivity contribution in [1.82, 2.24) is 0 Å². The highest BCUT2D eigenvalue weighted by atomic mass is 79.9. The molecule has 0 saturated carbocycles. The molecule has 0 unspecified atom stereocenters. The summed E-state index contributed by atoms with van der Waals surface area (Å²) in [6.07, 6.45) is 0. The molecule has 3 N–H and O–H groups in total. The largest absolute Gasteiger partial charge is 0.494 e. The van der Waals surface area contributed by atoms with E-state index in [2.05, 4.69) is 21.2 Å². The van der Waals surface area contributed by atoms with E-state index in [0.717, 1.165) is 10.2 Å². The van der Waals surface area contributed by atoms with Gasteiger partial charge in [-0.2, -0.15) is 0 Å². The van der Waals surface area contributed by atoms with Crippen molar-refractivity contribution in [3.63, 3.8) is 0 Å². The Morgan fingerprint density at radius 2 is 1.95 bits per heavy atom. The van der Waals surface area contributed by atoms with Crippen LogP contribution in [0, 0.1) is 0 Å². The van der Waals surface area contributed by atoms with E-state index >= 15 is 0 Å². The predicted octanol–water partition coefficient (Wildman–Crippen LogP) is 3.68. The smallest absolute Gasteiger partial charge is 0.257 e. The van der Waals surface area contributed by atoms with Crippen LogP contribution in [0.2, 0.25) is 0 Å². The minimum atomic E-state index is -0.243. The van der Waals surface area contributed by atoms with E-state index in [0.29, 0.717) is 23.5 Å². The van der Waals surface area contributed by atoms with Crippen molar-refractivity contribution in [1.29, 1.82) is 0 Å². The lowest BCUT2D eigenvalue weighted by molar-refractivity contribution is 0.102. The Kier molecular flexibility index (Phi) is 4.63. The first-order chi connectivity index (χ1) is 9.60. The van der Waals surface area contributed by atoms with Crippen molar-refractivity contribution < 1.29 is 9.53 Å². The molecule has 2 aromatic carbocycles. The summed E-state index contributed by atoms with van der Waals surface area (Å²) in [4.78, 5) is 12.2. The highest BCUT2D eigenvalue weighted by Crippen LogP contribution is 2.21. The zero-order valence-corrected chi connectivity index (χ0v) is 12.6. The first-order valence-corrected chi connectivity index (χ1v) is 6.98. The van der Waals surface area contributed by atoms with Gasteiger partial charge in [-0.25, -0.2) is 0 Å². The molecule has 0 bridgehead atoms. The molecule has 2 rings (SSSR count). The molecule has 0 fully saturated rings. The van der Waals surface area contributed by atoms with Crippen LogP contribution in [0.25, 0.3) is 0 Å². The Morgan fingerprint density at radius 1 is 1.25 bits per heavy atom. The summed E-state index contributed by atoms with van der Waals surface area (Å²) in [5, 5.41) is 2.80. The minimum absolute atomic E-state index is 0.243. The van der Waals surface area contributed by atoms with Gasteiger partial charge in [-0.05, 0) is 49.4 Å². The molecule has 20 heavy (non-hydrogen) atoms. The second-order valence-electron chi connectivity index (χ2n) is 4.14. The van der Waals surface area contributed by atoms with E-state index < -0.39 is 0 Å². The predicted molar refractivity (Wildman–Crippen MR) is 84.1 cm³/mol. The van der Waals surface area contributed by atoms with Crippen LogP contribution in [-0.2, 0) is 0 Å². The fraction of sp³-hybridized carbons (Fsp3) is 0.133. The number of rotatable bonds is 4. The number of carbonyl (C=O) groups is 1. The average Bonchev–Trinajstić information content (AvgIpc) is 2.44. The summed E-state index contributed by atoms with van der Waals surface area (Å²) in [5.41, 5.74) is 7.38. The van der Waals surface area contributed by atoms with Gasteiger partial charge in [-0.3, -0.25) is 4.79 Å². The number of hydrogen-bond acceptors (Lipinski definition) is 3. The van der Waals surface area contributed by atoms with Crippen molar-refractivity contribution in [2.75, 3.05) is 17.7 Å². The second kappa shape index (κ2) is 6.43. The first-order valence-electron chi connectivity index (χ1n) is 6.19. The molecule has 0 atom stereocenters. The minimum Gasteiger partial charge on any atom is -0.494 e. The summed E-state index contributed by atoms with van der Waals surface area (Å²) in [6, 6.07) is 12.4. The summed E-state index contributed by atoms with van der Waals surface area (Å²) in [6.45, 7) is 2.53. The van der Waals surface area contributed by atoms with E-state index in [9.17, 15) is 4.79 Å². The van der Waals surface area contributed by atoms with Crippen molar-refractivity contribution >= 4 is 33.2 Å². The maximum atomic E-state index is 12.2. The Morgan fingerprint density at radius 3 is 2.60 bits per heavy atom. The van der Waals surface area contributed by atoms with Crippen LogP contribution in [0.1, 0.15) is 17.3 Å². The summed E-state index contributed by atoms with van der Waals surface area (Å²) < 4.78 is 6.16. The van der Waals surface area contributed by atoms with Gasteiger partial charge in [0.25, 0.3) is 5.91 Å². The molecular weight excluding hydrogens is 320 g/mol. The van der Waals surface area contributed by atoms with Gasteiger partial charge in [0, 0.05) is 15.8 Å². The zero-order valence-electron chi connectivity index (χ0n) is 11.0. The first kappa shape index (κ1) is 14.4. The summed E-state index contributed by atoms with van der Waals surface area (Å²) >= 11 is 3.32. The lowest BCUT2D eigenvalue weighted by Crippen LogP contribution is -2.14. The van der Waals surface area contributed by atoms with Crippen molar-refractivity contribution in [3.8, 4) is 5.75 Å². The molecule has 0 saturated heterocycles. The fourth-order valence-electron chi connectivity index (χ4n) is 1.72. The van der Waals surface area contributed by atoms with Gasteiger partial charge in [0.05, 0.1) is 12.2 Å². The number of nitrogens with one attached hydrogen (secondary N) is 1. The van der Waals surface area contributed by atoms with Crippen molar-refractivity contribution in [2.24, 2.45) is 0 Å². The van der Waals surface area contributed by atoms with Crippen LogP contribution < -0.4 is 15.8 Å². The van der Waals surface area contributed by atoms with E-state index in [1.807, 2.05) is 19.1 Å². The average molecular weight is 335 g/mol. The molecule has 0 radical (unpaired) electrons. The highest BCUT2D eigenvalue weighted by Gasteiger charge is 2.10. The Labute approximate surface area is 126 Å². The molecule has 4 nitrogen and oxygen atoms in total. The molecular formula is C15H15BrN2O2. The molecule has 0 aromatic heterocycles. The molecule has 104 valence electrons. The van der Waals surface area contributed by atoms with Crippen LogP contribution in [-0.4, -0.2) is 12.5 Å². The Bertz CT molecular complexity index is 612. The molecule has 2 aromatic rings. The highest BCUT2D eigenvalue weighted by molar-refractivity contribution is 9.10. The summed E-state index contributed by atoms with van der Waals surface area (Å²) in [5.74, 6) is 0.528. The van der Waals surface area contributed by atoms with E-state index in [1.54, 1.807) is 30.3 Å². The third-order valence-electron chi connectivity index (χ3n) is 2.68. The molecule has 0 aliphatic heterocycles. The summed E-state index contributed by atoms with van der Waals surface area (Å²) in [7, 11) is 0. The van der Waals surface area contributed by atoms with Gasteiger partial charge in [0.2, 0.25) is 0 Å². The molecule has 0 spiro atoms. The number of halogens is 1. The van der Waals surface area contributed by atoms with Crippen LogP contribution in [0.3, 0.4) is 0 Å². The quantitative estimate of drug-likeness (QED) is 0.838. The molecule has 5 heteroatoms. The van der Waals surface area contributed by atoms with E-state index in [1.165, 1.54) is 0 Å². The number of nitrogen functional groups attached to an aromatic ring is 1. The van der Waals surface area contributed by atoms with Gasteiger partial charge in [0.15, 0.2) is 0 Å². The second-order valence-corrected chi connectivity index (χ2v) is 5.06. The van der Waals surface area contributed by atoms with Crippen molar-refractivity contribution in [2.45, 2.75) is 6.92 Å². The molecule has 0 aliphatic rings. The van der Waals surface area contributed by atoms with Crippen LogP contribution in [0.4, 0.5) is 11.4 Å². The van der Waals surface area contributed by atoms with Gasteiger partial charge in [0.1, 0.15) is 5.75 Å². The monoisotopic (exact) mass is 334 g/mol. The van der Waals surface area contributed by atoms with E-state index in [-0.39, 0.29) is 5.91 Å². The third-order valence-corrected chi connectivity index (χ3v) is 3.18. The lowest BCUT2D eigenvalue weighted by Gasteiger charge is -2.09. The molecule has 0 aliphatic carbocycles. The van der Waals surface area contributed by atoms with Gasteiger partial charge in [-0.1, -0.05) is 15.9 Å². The molecule has 1 amide bonds. The maximum Gasteiger partial charge on any atom is 0.257 e. The van der Waals surface area contributed by atoms with Crippen LogP contribution >= 0.6 is 15.9 Å². The van der Waals surface area contributed by atoms with Gasteiger partial charge < -0.3 is 15.8 Å². The number of ether oxygens (including phenoxy) is 1. The normalized spacial score (nSPS) is 10.1.